The first-order chi connectivity index (χ1) is 10.1. The van der Waals surface area contributed by atoms with Crippen molar-refractivity contribution < 1.29 is 9.53 Å². The predicted octanol–water partition coefficient (Wildman–Crippen LogP) is 2.50. The van der Waals surface area contributed by atoms with E-state index in [2.05, 4.69) is 29.2 Å². The number of hydrogen-bond donors (Lipinski definition) is 0. The standard InChI is InChI=1S/C16H23ClN2O2/c1-18(2)14-7-5-13(6-8-14)11-19(16(20)10-17)12-15-4-3-9-21-15/h5-8,15H,3-4,9-12H2,1-2H3. The summed E-state index contributed by atoms with van der Waals surface area (Å²) in [4.78, 5) is 15.9. The molecule has 1 saturated heterocycles. The average molecular weight is 311 g/mol. The number of carbonyl (C=O) groups excluding carboxylic acids is 1. The number of hydrogen-bond acceptors (Lipinski definition) is 3. The summed E-state index contributed by atoms with van der Waals surface area (Å²) in [7, 11) is 4.02. The molecule has 5 heteroatoms. The lowest BCUT2D eigenvalue weighted by Crippen LogP contribution is -2.37. The summed E-state index contributed by atoms with van der Waals surface area (Å²) in [5.41, 5.74) is 2.25. The Morgan fingerprint density at radius 1 is 1.33 bits per heavy atom. The van der Waals surface area contributed by atoms with Crippen molar-refractivity contribution in [2.75, 3.05) is 38.0 Å². The summed E-state index contributed by atoms with van der Waals surface area (Å²) in [6, 6.07) is 8.23. The van der Waals surface area contributed by atoms with Crippen LogP contribution in [0.1, 0.15) is 18.4 Å². The average Bonchev–Trinajstić information content (AvgIpc) is 2.99. The van der Waals surface area contributed by atoms with Crippen LogP contribution in [0.15, 0.2) is 24.3 Å². The van der Waals surface area contributed by atoms with Crippen LogP contribution in [0.2, 0.25) is 0 Å². The second-order valence-electron chi connectivity index (χ2n) is 5.60. The normalized spacial score (nSPS) is 17.8. The Morgan fingerprint density at radius 2 is 2.05 bits per heavy atom. The van der Waals surface area contributed by atoms with Crippen molar-refractivity contribution >= 4 is 23.2 Å². The molecule has 1 heterocycles. The first kappa shape index (κ1) is 16.1. The summed E-state index contributed by atoms with van der Waals surface area (Å²) in [5.74, 6) is -0.0217. The highest BCUT2D eigenvalue weighted by atomic mass is 35.5. The topological polar surface area (TPSA) is 32.8 Å². The molecule has 2 rings (SSSR count). The Balaban J connectivity index is 2.01. The first-order valence-corrected chi connectivity index (χ1v) is 7.85. The molecule has 0 bridgehead atoms. The maximum Gasteiger partial charge on any atom is 0.237 e. The molecule has 1 aromatic rings. The fraction of sp³-hybridized carbons (Fsp3) is 0.562. The number of carbonyl (C=O) groups is 1. The number of nitrogens with zero attached hydrogens (tertiary/aromatic N) is 2. The molecule has 1 amide bonds. The van der Waals surface area contributed by atoms with Crippen molar-refractivity contribution in [2.45, 2.75) is 25.5 Å². The predicted molar refractivity (Wildman–Crippen MR) is 85.9 cm³/mol. The Morgan fingerprint density at radius 3 is 2.57 bits per heavy atom. The van der Waals surface area contributed by atoms with Crippen molar-refractivity contribution in [2.24, 2.45) is 0 Å². The van der Waals surface area contributed by atoms with Gasteiger partial charge in [-0.1, -0.05) is 12.1 Å². The van der Waals surface area contributed by atoms with E-state index in [4.69, 9.17) is 16.3 Å². The minimum atomic E-state index is -0.0381. The molecule has 0 saturated carbocycles. The van der Waals surface area contributed by atoms with Crippen LogP contribution < -0.4 is 4.90 Å². The van der Waals surface area contributed by atoms with Gasteiger partial charge in [0.25, 0.3) is 0 Å². The molecule has 116 valence electrons. The molecule has 1 aliphatic heterocycles. The Hall–Kier alpha value is -1.26. The van der Waals surface area contributed by atoms with E-state index in [1.54, 1.807) is 4.90 Å². The number of rotatable bonds is 6. The van der Waals surface area contributed by atoms with Gasteiger partial charge in [-0.05, 0) is 30.5 Å². The minimum Gasteiger partial charge on any atom is -0.378 e. The molecule has 21 heavy (non-hydrogen) atoms. The Bertz CT molecular complexity index is 456. The zero-order valence-electron chi connectivity index (χ0n) is 12.7. The monoisotopic (exact) mass is 310 g/mol. The highest BCUT2D eigenvalue weighted by Gasteiger charge is 2.22. The van der Waals surface area contributed by atoms with Gasteiger partial charge in [-0.15, -0.1) is 11.6 Å². The van der Waals surface area contributed by atoms with E-state index in [0.717, 1.165) is 30.7 Å². The number of amides is 1. The number of anilines is 1. The molecule has 1 unspecified atom stereocenters. The van der Waals surface area contributed by atoms with Gasteiger partial charge in [-0.25, -0.2) is 0 Å². The van der Waals surface area contributed by atoms with E-state index in [0.29, 0.717) is 13.1 Å². The maximum absolute atomic E-state index is 12.0. The third-order valence-electron chi connectivity index (χ3n) is 3.74. The Kier molecular flexibility index (Phi) is 5.88. The lowest BCUT2D eigenvalue weighted by atomic mass is 10.1. The number of alkyl halides is 1. The van der Waals surface area contributed by atoms with Gasteiger partial charge in [0.2, 0.25) is 5.91 Å². The summed E-state index contributed by atoms with van der Waals surface area (Å²) in [6.07, 6.45) is 2.25. The highest BCUT2D eigenvalue weighted by molar-refractivity contribution is 6.27. The van der Waals surface area contributed by atoms with Gasteiger partial charge in [0, 0.05) is 39.5 Å². The van der Waals surface area contributed by atoms with E-state index >= 15 is 0 Å². The molecule has 0 aliphatic carbocycles. The summed E-state index contributed by atoms with van der Waals surface area (Å²) >= 11 is 5.73. The maximum atomic E-state index is 12.0. The van der Waals surface area contributed by atoms with Crippen molar-refractivity contribution in [1.82, 2.24) is 4.90 Å². The summed E-state index contributed by atoms with van der Waals surface area (Å²) in [6.45, 7) is 2.01. The molecule has 1 aromatic carbocycles. The molecular formula is C16H23ClN2O2. The van der Waals surface area contributed by atoms with Crippen LogP contribution in [0.25, 0.3) is 0 Å². The molecule has 0 N–H and O–H groups in total. The molecule has 0 aromatic heterocycles. The van der Waals surface area contributed by atoms with Gasteiger partial charge in [0.15, 0.2) is 0 Å². The largest absolute Gasteiger partial charge is 0.378 e. The summed E-state index contributed by atoms with van der Waals surface area (Å²) in [5, 5.41) is 0. The van der Waals surface area contributed by atoms with Crippen LogP contribution in [0.5, 0.6) is 0 Å². The van der Waals surface area contributed by atoms with E-state index in [1.165, 1.54) is 0 Å². The van der Waals surface area contributed by atoms with Crippen molar-refractivity contribution in [3.05, 3.63) is 29.8 Å². The number of benzene rings is 1. The second kappa shape index (κ2) is 7.66. The van der Waals surface area contributed by atoms with E-state index in [1.807, 2.05) is 14.1 Å². The SMILES string of the molecule is CN(C)c1ccc(CN(CC2CCCO2)C(=O)CCl)cc1. The van der Waals surface area contributed by atoms with Gasteiger partial charge in [-0.2, -0.15) is 0 Å². The second-order valence-corrected chi connectivity index (χ2v) is 5.87. The van der Waals surface area contributed by atoms with Crippen molar-refractivity contribution in [1.29, 1.82) is 0 Å². The van der Waals surface area contributed by atoms with Crippen LogP contribution in [0.4, 0.5) is 5.69 Å². The molecule has 1 atom stereocenters. The van der Waals surface area contributed by atoms with Crippen LogP contribution >= 0.6 is 11.6 Å². The molecular weight excluding hydrogens is 288 g/mol. The molecule has 1 fully saturated rings. The fourth-order valence-electron chi connectivity index (χ4n) is 2.49. The van der Waals surface area contributed by atoms with Gasteiger partial charge in [-0.3, -0.25) is 4.79 Å². The third kappa shape index (κ3) is 4.61. The molecule has 1 aliphatic rings. The van der Waals surface area contributed by atoms with Gasteiger partial charge < -0.3 is 14.5 Å². The quantitative estimate of drug-likeness (QED) is 0.757. The smallest absolute Gasteiger partial charge is 0.237 e. The lowest BCUT2D eigenvalue weighted by molar-refractivity contribution is -0.130. The van der Waals surface area contributed by atoms with Crippen LogP contribution in [0.3, 0.4) is 0 Å². The molecule has 0 spiro atoms. The van der Waals surface area contributed by atoms with Crippen LogP contribution in [0, 0.1) is 0 Å². The highest BCUT2D eigenvalue weighted by Crippen LogP contribution is 2.17. The zero-order valence-corrected chi connectivity index (χ0v) is 13.5. The van der Waals surface area contributed by atoms with Crippen LogP contribution in [-0.4, -0.2) is 50.0 Å². The minimum absolute atomic E-state index is 0.0164. The Labute approximate surface area is 131 Å². The van der Waals surface area contributed by atoms with E-state index in [-0.39, 0.29) is 17.9 Å². The lowest BCUT2D eigenvalue weighted by Gasteiger charge is -2.25. The molecule has 4 nitrogen and oxygen atoms in total. The van der Waals surface area contributed by atoms with E-state index < -0.39 is 0 Å². The third-order valence-corrected chi connectivity index (χ3v) is 3.97. The fourth-order valence-corrected chi connectivity index (χ4v) is 2.66. The van der Waals surface area contributed by atoms with E-state index in [9.17, 15) is 4.79 Å². The van der Waals surface area contributed by atoms with Gasteiger partial charge in [0.1, 0.15) is 5.88 Å². The zero-order chi connectivity index (χ0) is 15.2. The first-order valence-electron chi connectivity index (χ1n) is 7.31. The van der Waals surface area contributed by atoms with Crippen molar-refractivity contribution in [3.63, 3.8) is 0 Å². The van der Waals surface area contributed by atoms with Gasteiger partial charge in [0.05, 0.1) is 6.10 Å². The number of ether oxygens (including phenoxy) is 1. The summed E-state index contributed by atoms with van der Waals surface area (Å²) < 4.78 is 5.62. The van der Waals surface area contributed by atoms with Gasteiger partial charge >= 0.3 is 0 Å². The van der Waals surface area contributed by atoms with Crippen LogP contribution in [-0.2, 0) is 16.1 Å². The number of halogens is 1. The molecule has 0 radical (unpaired) electrons. The van der Waals surface area contributed by atoms with Crippen molar-refractivity contribution in [3.8, 4) is 0 Å².